The zero-order chi connectivity index (χ0) is 7.56. The highest BCUT2D eigenvalue weighted by molar-refractivity contribution is 6.46. The highest BCUT2D eigenvalue weighted by Crippen LogP contribution is 2.14. The third-order valence-electron chi connectivity index (χ3n) is 1.17. The maximum absolute atomic E-state index is 8.53. The van der Waals surface area contributed by atoms with E-state index in [4.69, 9.17) is 22.4 Å². The highest BCUT2D eigenvalue weighted by Gasteiger charge is 1.97. The van der Waals surface area contributed by atoms with Crippen LogP contribution in [0.25, 0.3) is 0 Å². The molecule has 10 heavy (non-hydrogen) atoms. The molecule has 1 rings (SSSR count). The van der Waals surface area contributed by atoms with Crippen molar-refractivity contribution in [2.24, 2.45) is 0 Å². The van der Waals surface area contributed by atoms with Crippen LogP contribution in [0.2, 0.25) is 5.02 Å². The molecule has 0 aliphatic heterocycles. The van der Waals surface area contributed by atoms with Gasteiger partial charge < -0.3 is 10.8 Å². The molecule has 0 saturated carbocycles. The van der Waals surface area contributed by atoms with Crippen molar-refractivity contribution in [2.45, 2.75) is 0 Å². The van der Waals surface area contributed by atoms with Crippen LogP contribution in [0, 0.1) is 0 Å². The Kier molecular flexibility index (Phi) is 2.19. The fourth-order valence-corrected chi connectivity index (χ4v) is 0.760. The maximum Gasteiger partial charge on any atom is 0.326 e. The van der Waals surface area contributed by atoms with Gasteiger partial charge in [-0.25, -0.2) is 0 Å². The molecule has 1 aromatic carbocycles. The average molecular weight is 154 g/mol. The molecule has 0 fully saturated rings. The van der Waals surface area contributed by atoms with Crippen LogP contribution in [0.4, 0.5) is 5.69 Å². The fourth-order valence-electron chi connectivity index (χ4n) is 0.643. The molecule has 0 heterocycles. The summed E-state index contributed by atoms with van der Waals surface area (Å²) in [6, 6.07) is 4.92. The largest absolute Gasteiger partial charge is 0.450 e. The molecule has 0 aliphatic rings. The normalized spacial score (nSPS) is 9.40. The van der Waals surface area contributed by atoms with E-state index < -0.39 is 0 Å². The third kappa shape index (κ3) is 1.43. The number of rotatable bonds is 1. The Morgan fingerprint density at radius 1 is 1.50 bits per heavy atom. The number of benzene rings is 1. The van der Waals surface area contributed by atoms with Crippen LogP contribution in [-0.2, 0) is 0 Å². The second-order valence-corrected chi connectivity index (χ2v) is 2.32. The first-order valence-electron chi connectivity index (χ1n) is 2.76. The van der Waals surface area contributed by atoms with E-state index in [2.05, 4.69) is 0 Å². The lowest BCUT2D eigenvalue weighted by Crippen LogP contribution is -2.13. The van der Waals surface area contributed by atoms with E-state index >= 15 is 0 Å². The Morgan fingerprint density at radius 3 is 2.70 bits per heavy atom. The summed E-state index contributed by atoms with van der Waals surface area (Å²) in [5.74, 6) is 0. The summed E-state index contributed by atoms with van der Waals surface area (Å²) in [7, 11) is 0.979. The van der Waals surface area contributed by atoms with Gasteiger partial charge in [0.2, 0.25) is 0 Å². The van der Waals surface area contributed by atoms with Crippen LogP contribution >= 0.6 is 11.6 Å². The molecule has 1 radical (unpaired) electrons. The summed E-state index contributed by atoms with van der Waals surface area (Å²) >= 11 is 5.62. The van der Waals surface area contributed by atoms with Gasteiger partial charge in [0.15, 0.2) is 0 Å². The summed E-state index contributed by atoms with van der Waals surface area (Å²) in [4.78, 5) is 0. The van der Waals surface area contributed by atoms with Crippen molar-refractivity contribution in [3.8, 4) is 0 Å². The van der Waals surface area contributed by atoms with E-state index in [9.17, 15) is 0 Å². The van der Waals surface area contributed by atoms with E-state index in [1.807, 2.05) is 0 Å². The van der Waals surface area contributed by atoms with Gasteiger partial charge in [-0.1, -0.05) is 23.1 Å². The smallest absolute Gasteiger partial charge is 0.326 e. The molecule has 3 N–H and O–H groups in total. The number of nitrogen functional groups attached to an aromatic ring is 1. The minimum absolute atomic E-state index is 0.476. The van der Waals surface area contributed by atoms with Crippen molar-refractivity contribution in [2.75, 3.05) is 5.73 Å². The lowest BCUT2D eigenvalue weighted by molar-refractivity contribution is 0.615. The summed E-state index contributed by atoms with van der Waals surface area (Å²) in [6.07, 6.45) is 0. The van der Waals surface area contributed by atoms with Gasteiger partial charge in [-0.2, -0.15) is 0 Å². The Balaban J connectivity index is 3.04. The highest BCUT2D eigenvalue weighted by atomic mass is 35.5. The van der Waals surface area contributed by atoms with Gasteiger partial charge in [0.1, 0.15) is 0 Å². The Labute approximate surface area is 64.9 Å². The minimum atomic E-state index is 0.476. The van der Waals surface area contributed by atoms with Crippen molar-refractivity contribution in [1.29, 1.82) is 0 Å². The molecule has 0 spiro atoms. The van der Waals surface area contributed by atoms with Crippen LogP contribution in [0.15, 0.2) is 18.2 Å². The van der Waals surface area contributed by atoms with Crippen molar-refractivity contribution in [3.63, 3.8) is 0 Å². The zero-order valence-electron chi connectivity index (χ0n) is 5.21. The van der Waals surface area contributed by atoms with Crippen molar-refractivity contribution in [3.05, 3.63) is 23.2 Å². The summed E-state index contributed by atoms with van der Waals surface area (Å²) in [6.45, 7) is 0. The van der Waals surface area contributed by atoms with Gasteiger partial charge >= 0.3 is 7.48 Å². The Morgan fingerprint density at radius 2 is 2.20 bits per heavy atom. The molecule has 0 amide bonds. The molecule has 2 nitrogen and oxygen atoms in total. The number of anilines is 1. The first-order valence-corrected chi connectivity index (χ1v) is 3.14. The molecule has 0 unspecified atom stereocenters. The SMILES string of the molecule is Nc1cc([B]O)ccc1Cl. The second-order valence-electron chi connectivity index (χ2n) is 1.91. The number of hydrogen-bond acceptors (Lipinski definition) is 2. The van der Waals surface area contributed by atoms with E-state index in [1.165, 1.54) is 0 Å². The van der Waals surface area contributed by atoms with Gasteiger partial charge in [0.25, 0.3) is 0 Å². The fraction of sp³-hybridized carbons (Fsp3) is 0. The average Bonchev–Trinajstić information content (AvgIpc) is 1.95. The quantitative estimate of drug-likeness (QED) is 0.447. The minimum Gasteiger partial charge on any atom is -0.450 e. The monoisotopic (exact) mass is 154 g/mol. The standard InChI is InChI=1S/C6H6BClNO/c8-5-2-1-4(7-10)3-6(5)9/h1-3,10H,9H2. The lowest BCUT2D eigenvalue weighted by atomic mass is 9.89. The second kappa shape index (κ2) is 2.95. The third-order valence-corrected chi connectivity index (χ3v) is 1.51. The van der Waals surface area contributed by atoms with Gasteiger partial charge in [-0.15, -0.1) is 0 Å². The first-order chi connectivity index (χ1) is 4.74. The molecule has 0 saturated heterocycles. The topological polar surface area (TPSA) is 46.2 Å². The maximum atomic E-state index is 8.53. The van der Waals surface area contributed by atoms with Crippen LogP contribution in [0.1, 0.15) is 0 Å². The van der Waals surface area contributed by atoms with Crippen LogP contribution < -0.4 is 11.2 Å². The first kappa shape index (κ1) is 7.44. The van der Waals surface area contributed by atoms with Gasteiger partial charge in [0, 0.05) is 5.69 Å². The number of halogens is 1. The number of nitrogens with two attached hydrogens (primary N) is 1. The summed E-state index contributed by atoms with van der Waals surface area (Å²) in [5.41, 5.74) is 6.56. The molecule has 1 aromatic rings. The lowest BCUT2D eigenvalue weighted by Gasteiger charge is -1.98. The summed E-state index contributed by atoms with van der Waals surface area (Å²) in [5, 5.41) is 9.03. The van der Waals surface area contributed by atoms with E-state index in [0.717, 1.165) is 7.48 Å². The van der Waals surface area contributed by atoms with Crippen LogP contribution in [0.5, 0.6) is 0 Å². The molecule has 51 valence electrons. The molecule has 0 aliphatic carbocycles. The van der Waals surface area contributed by atoms with Gasteiger partial charge in [-0.3, -0.25) is 0 Å². The molecule has 0 atom stereocenters. The zero-order valence-corrected chi connectivity index (χ0v) is 5.97. The van der Waals surface area contributed by atoms with Gasteiger partial charge in [-0.05, 0) is 12.1 Å². The Hall–Kier alpha value is -0.665. The van der Waals surface area contributed by atoms with E-state index in [-0.39, 0.29) is 0 Å². The molecular formula is C6H6BClNO. The van der Waals surface area contributed by atoms with E-state index in [0.29, 0.717) is 16.2 Å². The Bertz CT molecular complexity index is 241. The van der Waals surface area contributed by atoms with Crippen molar-refractivity contribution in [1.82, 2.24) is 0 Å². The predicted octanol–water partition coefficient (Wildman–Crippen LogP) is 0.159. The van der Waals surface area contributed by atoms with Gasteiger partial charge in [0.05, 0.1) is 5.02 Å². The summed E-state index contributed by atoms with van der Waals surface area (Å²) < 4.78 is 0. The van der Waals surface area contributed by atoms with E-state index in [1.54, 1.807) is 18.2 Å². The van der Waals surface area contributed by atoms with Crippen LogP contribution in [-0.4, -0.2) is 12.5 Å². The predicted molar refractivity (Wildman–Crippen MR) is 43.5 cm³/mol. The van der Waals surface area contributed by atoms with Crippen molar-refractivity contribution >= 4 is 30.2 Å². The number of hydrogen-bond donors (Lipinski definition) is 2. The molecular weight excluding hydrogens is 148 g/mol. The molecule has 0 bridgehead atoms. The molecule has 4 heteroatoms. The van der Waals surface area contributed by atoms with Crippen LogP contribution in [0.3, 0.4) is 0 Å². The molecule has 0 aromatic heterocycles. The van der Waals surface area contributed by atoms with Crippen molar-refractivity contribution < 1.29 is 5.02 Å².